The van der Waals surface area contributed by atoms with Crippen molar-refractivity contribution in [3.63, 3.8) is 0 Å². The molecule has 1 atom stereocenters. The van der Waals surface area contributed by atoms with E-state index in [1.165, 1.54) is 8.61 Å². The molecule has 0 radical (unpaired) electrons. The summed E-state index contributed by atoms with van der Waals surface area (Å²) in [5, 5.41) is -0.928. The Hall–Kier alpha value is -1.01. The summed E-state index contributed by atoms with van der Waals surface area (Å²) in [6, 6.07) is 6.55. The molecule has 2 heterocycles. The average molecular weight is 437 g/mol. The van der Waals surface area contributed by atoms with E-state index in [4.69, 9.17) is 0 Å². The summed E-state index contributed by atoms with van der Waals surface area (Å²) in [4.78, 5) is 0.186. The summed E-state index contributed by atoms with van der Waals surface area (Å²) in [6.07, 6.45) is 0.469. The summed E-state index contributed by atoms with van der Waals surface area (Å²) in [7, 11) is -10.8. The molecule has 0 aliphatic carbocycles. The molecule has 1 aromatic carbocycles. The SMILES string of the molecule is Cc1ccc(S(=O)(=O)N2CCCN(S(=O)(=O)[C@H]3CCS(=O)(=O)C3)CC2)cc1. The molecule has 152 valence electrons. The molecule has 0 saturated carbocycles. The van der Waals surface area contributed by atoms with Gasteiger partial charge in [0.05, 0.1) is 21.7 Å². The lowest BCUT2D eigenvalue weighted by molar-refractivity contribution is 0.401. The molecular weight excluding hydrogens is 412 g/mol. The Morgan fingerprint density at radius 1 is 0.926 bits per heavy atom. The van der Waals surface area contributed by atoms with Gasteiger partial charge in [0, 0.05) is 26.2 Å². The van der Waals surface area contributed by atoms with E-state index >= 15 is 0 Å². The van der Waals surface area contributed by atoms with Gasteiger partial charge < -0.3 is 0 Å². The molecule has 0 N–H and O–H groups in total. The maximum absolute atomic E-state index is 12.8. The van der Waals surface area contributed by atoms with Gasteiger partial charge in [0.25, 0.3) is 0 Å². The van der Waals surface area contributed by atoms with Gasteiger partial charge in [-0.1, -0.05) is 17.7 Å². The zero-order valence-corrected chi connectivity index (χ0v) is 17.6. The summed E-state index contributed by atoms with van der Waals surface area (Å²) in [5.74, 6) is -0.462. The lowest BCUT2D eigenvalue weighted by atomic mass is 10.2. The summed E-state index contributed by atoms with van der Waals surface area (Å²) >= 11 is 0. The second kappa shape index (κ2) is 7.43. The fourth-order valence-electron chi connectivity index (χ4n) is 3.43. The van der Waals surface area contributed by atoms with Gasteiger partial charge in [-0.05, 0) is 31.9 Å². The average Bonchev–Trinajstić information content (AvgIpc) is 2.82. The highest BCUT2D eigenvalue weighted by molar-refractivity contribution is 7.95. The van der Waals surface area contributed by atoms with Crippen LogP contribution < -0.4 is 0 Å². The lowest BCUT2D eigenvalue weighted by Crippen LogP contribution is -2.42. The molecule has 27 heavy (non-hydrogen) atoms. The lowest BCUT2D eigenvalue weighted by Gasteiger charge is -2.24. The zero-order chi connectivity index (χ0) is 19.9. The first kappa shape index (κ1) is 20.7. The van der Waals surface area contributed by atoms with Crippen LogP contribution in [0.4, 0.5) is 0 Å². The maximum Gasteiger partial charge on any atom is 0.243 e. The van der Waals surface area contributed by atoms with Gasteiger partial charge in [-0.3, -0.25) is 0 Å². The van der Waals surface area contributed by atoms with Crippen molar-refractivity contribution in [2.75, 3.05) is 37.7 Å². The minimum Gasteiger partial charge on any atom is -0.229 e. The van der Waals surface area contributed by atoms with Crippen LogP contribution in [0.5, 0.6) is 0 Å². The van der Waals surface area contributed by atoms with Crippen LogP contribution in [0.1, 0.15) is 18.4 Å². The van der Waals surface area contributed by atoms with Crippen LogP contribution in [0.2, 0.25) is 0 Å². The molecule has 2 fully saturated rings. The van der Waals surface area contributed by atoms with E-state index in [1.807, 2.05) is 6.92 Å². The molecule has 0 unspecified atom stereocenters. The highest BCUT2D eigenvalue weighted by atomic mass is 32.2. The number of hydrogen-bond acceptors (Lipinski definition) is 6. The molecule has 11 heteroatoms. The maximum atomic E-state index is 12.8. The fraction of sp³-hybridized carbons (Fsp3) is 0.625. The van der Waals surface area contributed by atoms with Crippen molar-refractivity contribution in [2.45, 2.75) is 29.9 Å². The molecule has 3 rings (SSSR count). The van der Waals surface area contributed by atoms with Crippen molar-refractivity contribution in [1.82, 2.24) is 8.61 Å². The van der Waals surface area contributed by atoms with E-state index in [-0.39, 0.29) is 49.0 Å². The second-order valence-electron chi connectivity index (χ2n) is 7.04. The number of sulfonamides is 2. The van der Waals surface area contributed by atoms with Crippen LogP contribution in [-0.4, -0.2) is 76.8 Å². The molecule has 0 amide bonds. The zero-order valence-electron chi connectivity index (χ0n) is 15.1. The van der Waals surface area contributed by atoms with Crippen molar-refractivity contribution in [1.29, 1.82) is 0 Å². The Kier molecular flexibility index (Phi) is 5.70. The monoisotopic (exact) mass is 436 g/mol. The number of aryl methyl sites for hydroxylation is 1. The first-order valence-corrected chi connectivity index (χ1v) is 13.5. The molecule has 2 saturated heterocycles. The molecule has 2 aliphatic heterocycles. The first-order valence-electron chi connectivity index (χ1n) is 8.79. The predicted molar refractivity (Wildman–Crippen MR) is 102 cm³/mol. The van der Waals surface area contributed by atoms with Crippen LogP contribution in [0.3, 0.4) is 0 Å². The van der Waals surface area contributed by atoms with Gasteiger partial charge in [0.2, 0.25) is 20.0 Å². The van der Waals surface area contributed by atoms with Crippen molar-refractivity contribution in [3.05, 3.63) is 29.8 Å². The van der Waals surface area contributed by atoms with Gasteiger partial charge in [-0.2, -0.15) is 4.31 Å². The van der Waals surface area contributed by atoms with E-state index in [0.717, 1.165) is 5.56 Å². The molecule has 0 spiro atoms. The molecular formula is C16H24N2O6S3. The molecule has 2 aliphatic rings. The number of sulfone groups is 1. The summed E-state index contributed by atoms with van der Waals surface area (Å²) in [6.45, 7) is 2.37. The summed E-state index contributed by atoms with van der Waals surface area (Å²) in [5.41, 5.74) is 0.952. The van der Waals surface area contributed by atoms with Crippen molar-refractivity contribution < 1.29 is 25.3 Å². The Balaban J connectivity index is 1.75. The van der Waals surface area contributed by atoms with Crippen LogP contribution >= 0.6 is 0 Å². The van der Waals surface area contributed by atoms with Gasteiger partial charge in [-0.15, -0.1) is 0 Å². The third-order valence-corrected chi connectivity index (χ3v) is 11.3. The van der Waals surface area contributed by atoms with Gasteiger partial charge in [0.1, 0.15) is 0 Å². The Labute approximate surface area is 161 Å². The smallest absolute Gasteiger partial charge is 0.229 e. The van der Waals surface area contributed by atoms with Gasteiger partial charge in [-0.25, -0.2) is 29.6 Å². The normalized spacial score (nSPS) is 25.3. The Morgan fingerprint density at radius 2 is 1.52 bits per heavy atom. The van der Waals surface area contributed by atoms with E-state index in [1.54, 1.807) is 24.3 Å². The van der Waals surface area contributed by atoms with Crippen LogP contribution in [0, 0.1) is 6.92 Å². The van der Waals surface area contributed by atoms with Crippen LogP contribution in [0.25, 0.3) is 0 Å². The topological polar surface area (TPSA) is 109 Å². The quantitative estimate of drug-likeness (QED) is 0.667. The Bertz CT molecular complexity index is 1000. The number of benzene rings is 1. The highest BCUT2D eigenvalue weighted by Crippen LogP contribution is 2.24. The van der Waals surface area contributed by atoms with E-state index < -0.39 is 35.1 Å². The predicted octanol–water partition coefficient (Wildman–Crippen LogP) is 0.208. The van der Waals surface area contributed by atoms with Gasteiger partial charge in [0.15, 0.2) is 9.84 Å². The van der Waals surface area contributed by atoms with E-state index in [2.05, 4.69) is 0 Å². The third kappa shape index (κ3) is 4.37. The van der Waals surface area contributed by atoms with E-state index in [0.29, 0.717) is 6.42 Å². The van der Waals surface area contributed by atoms with Crippen molar-refractivity contribution in [2.24, 2.45) is 0 Å². The minimum atomic E-state index is -3.76. The van der Waals surface area contributed by atoms with Crippen LogP contribution in [0.15, 0.2) is 29.2 Å². The molecule has 8 nitrogen and oxygen atoms in total. The fourth-order valence-corrected chi connectivity index (χ4v) is 9.46. The second-order valence-corrected chi connectivity index (χ2v) is 13.4. The largest absolute Gasteiger partial charge is 0.243 e. The first-order chi connectivity index (χ1) is 12.5. The molecule has 1 aromatic rings. The van der Waals surface area contributed by atoms with Crippen LogP contribution in [-0.2, 0) is 29.9 Å². The molecule has 0 aromatic heterocycles. The number of hydrogen-bond donors (Lipinski definition) is 0. The van der Waals surface area contributed by atoms with E-state index in [9.17, 15) is 25.3 Å². The molecule has 0 bridgehead atoms. The number of nitrogens with zero attached hydrogens (tertiary/aromatic N) is 2. The number of rotatable bonds is 4. The Morgan fingerprint density at radius 3 is 2.11 bits per heavy atom. The van der Waals surface area contributed by atoms with Gasteiger partial charge >= 0.3 is 0 Å². The van der Waals surface area contributed by atoms with Crippen molar-refractivity contribution >= 4 is 29.9 Å². The highest BCUT2D eigenvalue weighted by Gasteiger charge is 2.41. The minimum absolute atomic E-state index is 0.0317. The summed E-state index contributed by atoms with van der Waals surface area (Å²) < 4.78 is 77.0. The third-order valence-electron chi connectivity index (χ3n) is 5.04. The standard InChI is InChI=1S/C16H24N2O6S3/c1-14-3-5-15(6-4-14)26(21,22)17-8-2-9-18(11-10-17)27(23,24)16-7-12-25(19,20)13-16/h3-6,16H,2,7-13H2,1H3/t16-/m0/s1. The van der Waals surface area contributed by atoms with Crippen molar-refractivity contribution in [3.8, 4) is 0 Å².